The maximum Gasteiger partial charge on any atom is 0.165 e. The number of halogens is 2. The van der Waals surface area contributed by atoms with E-state index in [1.54, 1.807) is 13.0 Å². The summed E-state index contributed by atoms with van der Waals surface area (Å²) in [5, 5.41) is 9.29. The molecule has 0 aliphatic heterocycles. The fraction of sp³-hybridized carbons (Fsp3) is 0.364. The number of benzene rings is 1. The molecule has 2 nitrogen and oxygen atoms in total. The number of aliphatic hydroxyl groups is 1. The molecule has 0 heterocycles. The first-order chi connectivity index (χ1) is 7.04. The van der Waals surface area contributed by atoms with Gasteiger partial charge in [-0.15, -0.1) is 0 Å². The van der Waals surface area contributed by atoms with Gasteiger partial charge in [-0.1, -0.05) is 28.9 Å². The van der Waals surface area contributed by atoms with Gasteiger partial charge in [-0.05, 0) is 24.1 Å². The van der Waals surface area contributed by atoms with E-state index in [1.807, 2.05) is 0 Å². The normalized spacial score (nSPS) is 12.5. The molecule has 0 amide bonds. The Morgan fingerprint density at radius 1 is 1.60 bits per heavy atom. The summed E-state index contributed by atoms with van der Waals surface area (Å²) in [5.74, 6) is -0.598. The molecule has 1 atom stereocenters. The predicted octanol–water partition coefficient (Wildman–Crippen LogP) is 2.47. The van der Waals surface area contributed by atoms with Crippen LogP contribution in [0.5, 0.6) is 0 Å². The van der Waals surface area contributed by atoms with Gasteiger partial charge in [-0.2, -0.15) is 0 Å². The second kappa shape index (κ2) is 5.37. The lowest BCUT2D eigenvalue weighted by Crippen LogP contribution is -2.21. The van der Waals surface area contributed by atoms with Crippen molar-refractivity contribution in [3.05, 3.63) is 34.1 Å². The third-order valence-electron chi connectivity index (χ3n) is 2.14. The fourth-order valence-electron chi connectivity index (χ4n) is 1.20. The molecule has 1 rings (SSSR count). The molecular weight excluding hydrogens is 263 g/mol. The summed E-state index contributed by atoms with van der Waals surface area (Å²) < 4.78 is 13.3. The van der Waals surface area contributed by atoms with Crippen LogP contribution < -0.4 is 0 Å². The van der Waals surface area contributed by atoms with Gasteiger partial charge in [0.2, 0.25) is 0 Å². The molecule has 0 aromatic heterocycles. The number of aliphatic hydroxyl groups excluding tert-OH is 1. The van der Waals surface area contributed by atoms with Crippen molar-refractivity contribution in [3.63, 3.8) is 0 Å². The van der Waals surface area contributed by atoms with Crippen LogP contribution in [0.25, 0.3) is 0 Å². The Bertz CT molecular complexity index is 366. The molecule has 1 N–H and O–H groups in total. The summed E-state index contributed by atoms with van der Waals surface area (Å²) in [6.45, 7) is 1.74. The first-order valence-corrected chi connectivity index (χ1v) is 5.48. The van der Waals surface area contributed by atoms with E-state index in [-0.39, 0.29) is 18.0 Å². The monoisotopic (exact) mass is 274 g/mol. The van der Waals surface area contributed by atoms with E-state index in [1.165, 1.54) is 12.1 Å². The second-order valence-corrected chi connectivity index (χ2v) is 4.16. The minimum Gasteiger partial charge on any atom is -0.385 e. The van der Waals surface area contributed by atoms with Crippen molar-refractivity contribution in [1.29, 1.82) is 0 Å². The molecule has 0 spiro atoms. The minimum absolute atomic E-state index is 0.121. The zero-order valence-corrected chi connectivity index (χ0v) is 9.92. The number of hydrogen-bond donors (Lipinski definition) is 1. The van der Waals surface area contributed by atoms with Crippen molar-refractivity contribution >= 4 is 21.7 Å². The highest BCUT2D eigenvalue weighted by Crippen LogP contribution is 2.19. The van der Waals surface area contributed by atoms with E-state index < -0.39 is 6.10 Å². The van der Waals surface area contributed by atoms with Crippen LogP contribution in [0.15, 0.2) is 22.7 Å². The van der Waals surface area contributed by atoms with Crippen LogP contribution in [0.4, 0.5) is 4.39 Å². The zero-order chi connectivity index (χ0) is 11.4. The standard InChI is InChI=1S/C11H12BrFO2/c1-2-10(14)11(15)5-7-3-4-8(13)6-9(7)12/h3-4,6,10,14H,2,5H2,1H3. The Labute approximate surface area is 96.2 Å². The third-order valence-corrected chi connectivity index (χ3v) is 2.88. The van der Waals surface area contributed by atoms with E-state index >= 15 is 0 Å². The molecule has 15 heavy (non-hydrogen) atoms. The number of ketones is 1. The van der Waals surface area contributed by atoms with Crippen LogP contribution in [0.1, 0.15) is 18.9 Å². The second-order valence-electron chi connectivity index (χ2n) is 3.30. The van der Waals surface area contributed by atoms with Crippen molar-refractivity contribution < 1.29 is 14.3 Å². The van der Waals surface area contributed by atoms with Gasteiger partial charge in [0.15, 0.2) is 5.78 Å². The Hall–Kier alpha value is -0.740. The first-order valence-electron chi connectivity index (χ1n) is 4.69. The summed E-state index contributed by atoms with van der Waals surface area (Å²) in [5.41, 5.74) is 0.689. The molecule has 82 valence electrons. The van der Waals surface area contributed by atoms with Crippen molar-refractivity contribution in [2.24, 2.45) is 0 Å². The molecule has 0 bridgehead atoms. The van der Waals surface area contributed by atoms with Gasteiger partial charge in [0, 0.05) is 10.9 Å². The van der Waals surface area contributed by atoms with Crippen molar-refractivity contribution in [2.45, 2.75) is 25.9 Å². The molecule has 0 aliphatic carbocycles. The quantitative estimate of drug-likeness (QED) is 0.916. The van der Waals surface area contributed by atoms with Crippen LogP contribution in [0, 0.1) is 5.82 Å². The van der Waals surface area contributed by atoms with E-state index in [4.69, 9.17) is 0 Å². The van der Waals surface area contributed by atoms with E-state index in [0.29, 0.717) is 16.5 Å². The molecule has 0 saturated heterocycles. The van der Waals surface area contributed by atoms with Crippen molar-refractivity contribution in [2.75, 3.05) is 0 Å². The molecule has 1 aromatic carbocycles. The lowest BCUT2D eigenvalue weighted by atomic mass is 10.0. The smallest absolute Gasteiger partial charge is 0.165 e. The molecule has 0 fully saturated rings. The maximum atomic E-state index is 12.7. The van der Waals surface area contributed by atoms with E-state index in [9.17, 15) is 14.3 Å². The maximum absolute atomic E-state index is 12.7. The highest BCUT2D eigenvalue weighted by atomic mass is 79.9. The Kier molecular flexibility index (Phi) is 4.42. The Balaban J connectivity index is 2.77. The summed E-state index contributed by atoms with van der Waals surface area (Å²) in [7, 11) is 0. The van der Waals surface area contributed by atoms with Gasteiger partial charge in [-0.3, -0.25) is 4.79 Å². The number of hydrogen-bond acceptors (Lipinski definition) is 2. The minimum atomic E-state index is -0.929. The molecule has 0 radical (unpaired) electrons. The van der Waals surface area contributed by atoms with Crippen LogP contribution in [0.3, 0.4) is 0 Å². The van der Waals surface area contributed by atoms with Crippen LogP contribution in [-0.2, 0) is 11.2 Å². The van der Waals surface area contributed by atoms with Crippen LogP contribution >= 0.6 is 15.9 Å². The van der Waals surface area contributed by atoms with Gasteiger partial charge in [0.25, 0.3) is 0 Å². The SMILES string of the molecule is CCC(O)C(=O)Cc1ccc(F)cc1Br. The fourth-order valence-corrected chi connectivity index (χ4v) is 1.69. The average molecular weight is 275 g/mol. The highest BCUT2D eigenvalue weighted by molar-refractivity contribution is 9.10. The van der Waals surface area contributed by atoms with Gasteiger partial charge in [-0.25, -0.2) is 4.39 Å². The number of carbonyl (C=O) groups is 1. The van der Waals surface area contributed by atoms with Crippen molar-refractivity contribution in [1.82, 2.24) is 0 Å². The highest BCUT2D eigenvalue weighted by Gasteiger charge is 2.14. The lowest BCUT2D eigenvalue weighted by Gasteiger charge is -2.07. The first kappa shape index (κ1) is 12.3. The molecule has 1 unspecified atom stereocenters. The van der Waals surface area contributed by atoms with Gasteiger partial charge in [0.1, 0.15) is 11.9 Å². The molecule has 0 saturated carbocycles. The van der Waals surface area contributed by atoms with E-state index in [0.717, 1.165) is 0 Å². The molecule has 1 aromatic rings. The predicted molar refractivity (Wildman–Crippen MR) is 59.1 cm³/mol. The van der Waals surface area contributed by atoms with Gasteiger partial charge >= 0.3 is 0 Å². The number of rotatable bonds is 4. The average Bonchev–Trinajstić information content (AvgIpc) is 2.20. The summed E-state index contributed by atoms with van der Waals surface area (Å²) in [6.07, 6.45) is -0.407. The van der Waals surface area contributed by atoms with Crippen LogP contribution in [0.2, 0.25) is 0 Å². The van der Waals surface area contributed by atoms with Crippen LogP contribution in [-0.4, -0.2) is 17.0 Å². The number of carbonyl (C=O) groups excluding carboxylic acids is 1. The molecule has 4 heteroatoms. The summed E-state index contributed by atoms with van der Waals surface area (Å²) in [4.78, 5) is 11.4. The lowest BCUT2D eigenvalue weighted by molar-refractivity contribution is -0.126. The van der Waals surface area contributed by atoms with Gasteiger partial charge < -0.3 is 5.11 Å². The Morgan fingerprint density at radius 3 is 2.80 bits per heavy atom. The molecular formula is C11H12BrFO2. The number of Topliss-reactive ketones (excluding diaryl/α,β-unsaturated/α-hetero) is 1. The summed E-state index contributed by atoms with van der Waals surface area (Å²) >= 11 is 3.17. The van der Waals surface area contributed by atoms with E-state index in [2.05, 4.69) is 15.9 Å². The van der Waals surface area contributed by atoms with Crippen molar-refractivity contribution in [3.8, 4) is 0 Å². The Morgan fingerprint density at radius 2 is 2.27 bits per heavy atom. The third kappa shape index (κ3) is 3.39. The topological polar surface area (TPSA) is 37.3 Å². The largest absolute Gasteiger partial charge is 0.385 e. The molecule has 0 aliphatic rings. The zero-order valence-electron chi connectivity index (χ0n) is 8.34. The summed E-state index contributed by atoms with van der Waals surface area (Å²) in [6, 6.07) is 4.15. The van der Waals surface area contributed by atoms with Gasteiger partial charge in [0.05, 0.1) is 0 Å².